The molecule has 22 heavy (non-hydrogen) atoms. The van der Waals surface area contributed by atoms with Gasteiger partial charge in [-0.05, 0) is 12.8 Å². The maximum Gasteiger partial charge on any atom is 0.0704 e. The van der Waals surface area contributed by atoms with Crippen LogP contribution in [0.5, 0.6) is 0 Å². The lowest BCUT2D eigenvalue weighted by atomic mass is 10.0. The Hall–Kier alpha value is -0.300. The monoisotopic (exact) mass is 309 g/mol. The Bertz CT molecular complexity index is 210. The van der Waals surface area contributed by atoms with E-state index in [1.165, 1.54) is 103 Å². The molecule has 0 bridgehead atoms. The van der Waals surface area contributed by atoms with E-state index in [1.54, 1.807) is 0 Å². The third-order valence-electron chi connectivity index (χ3n) is 4.36. The van der Waals surface area contributed by atoms with E-state index < -0.39 is 0 Å². The van der Waals surface area contributed by atoms with E-state index in [4.69, 9.17) is 4.74 Å². The van der Waals surface area contributed by atoms with Crippen LogP contribution in [0.1, 0.15) is 110 Å². The Morgan fingerprint density at radius 2 is 1.00 bits per heavy atom. The molecule has 0 atom stereocenters. The predicted octanol–water partition coefficient (Wildman–Crippen LogP) is 7.61. The van der Waals surface area contributed by atoms with Crippen molar-refractivity contribution in [1.29, 1.82) is 0 Å². The molecule has 0 saturated carbocycles. The third kappa shape index (κ3) is 19.7. The van der Waals surface area contributed by atoms with E-state index in [2.05, 4.69) is 26.2 Å². The number of unbranched alkanes of at least 4 members (excludes halogenated alkanes) is 15. The van der Waals surface area contributed by atoms with Crippen molar-refractivity contribution in [2.24, 2.45) is 0 Å². The minimum Gasteiger partial charge on any atom is -0.375 e. The standard InChI is InChI=1S/C21H41O/c1-3-4-5-6-7-8-9-10-11-12-13-14-15-16-17-18-19-20-21-22-2/h19-20H,2-18,21H2,1H3/b20-19+. The molecule has 0 N–H and O–H groups in total. The first-order valence-corrected chi connectivity index (χ1v) is 9.93. The van der Waals surface area contributed by atoms with E-state index in [1.807, 2.05) is 0 Å². The number of hydrogen-bond donors (Lipinski definition) is 0. The average molecular weight is 310 g/mol. The maximum atomic E-state index is 4.73. The van der Waals surface area contributed by atoms with Crippen molar-refractivity contribution in [2.45, 2.75) is 110 Å². The summed E-state index contributed by atoms with van der Waals surface area (Å²) in [7, 11) is 3.35. The number of rotatable bonds is 18. The lowest BCUT2D eigenvalue weighted by molar-refractivity contribution is 0.281. The lowest BCUT2D eigenvalue weighted by Gasteiger charge is -2.03. The fourth-order valence-electron chi connectivity index (χ4n) is 2.89. The van der Waals surface area contributed by atoms with Crippen LogP contribution in [0.4, 0.5) is 0 Å². The van der Waals surface area contributed by atoms with E-state index >= 15 is 0 Å². The van der Waals surface area contributed by atoms with E-state index in [-0.39, 0.29) is 0 Å². The van der Waals surface area contributed by atoms with E-state index in [0.29, 0.717) is 6.61 Å². The number of ether oxygens (including phenoxy) is 1. The average Bonchev–Trinajstić information content (AvgIpc) is 2.54. The van der Waals surface area contributed by atoms with Crippen LogP contribution < -0.4 is 0 Å². The van der Waals surface area contributed by atoms with Crippen molar-refractivity contribution in [2.75, 3.05) is 6.61 Å². The van der Waals surface area contributed by atoms with Crippen LogP contribution in [0.25, 0.3) is 0 Å². The minimum absolute atomic E-state index is 0.652. The van der Waals surface area contributed by atoms with Crippen molar-refractivity contribution >= 4 is 0 Å². The van der Waals surface area contributed by atoms with Crippen LogP contribution in [-0.2, 0) is 4.74 Å². The zero-order chi connectivity index (χ0) is 16.1. The quantitative estimate of drug-likeness (QED) is 0.187. The maximum absolute atomic E-state index is 4.73. The van der Waals surface area contributed by atoms with Gasteiger partial charge in [0, 0.05) is 0 Å². The van der Waals surface area contributed by atoms with Crippen LogP contribution in [0.15, 0.2) is 12.2 Å². The van der Waals surface area contributed by atoms with Gasteiger partial charge in [-0.2, -0.15) is 0 Å². The Balaban J connectivity index is 2.97. The van der Waals surface area contributed by atoms with Gasteiger partial charge in [0.25, 0.3) is 0 Å². The summed E-state index contributed by atoms with van der Waals surface area (Å²) in [5.74, 6) is 0. The molecule has 0 aromatic heterocycles. The summed E-state index contributed by atoms with van der Waals surface area (Å²) in [6, 6.07) is 0. The van der Waals surface area contributed by atoms with Crippen LogP contribution in [0.2, 0.25) is 0 Å². The molecule has 0 amide bonds. The van der Waals surface area contributed by atoms with Gasteiger partial charge in [0.15, 0.2) is 0 Å². The van der Waals surface area contributed by atoms with Gasteiger partial charge in [-0.25, -0.2) is 0 Å². The smallest absolute Gasteiger partial charge is 0.0704 e. The van der Waals surface area contributed by atoms with Gasteiger partial charge >= 0.3 is 0 Å². The zero-order valence-corrected chi connectivity index (χ0v) is 15.3. The van der Waals surface area contributed by atoms with Gasteiger partial charge in [-0.15, -0.1) is 0 Å². The molecule has 0 fully saturated rings. The van der Waals surface area contributed by atoms with E-state index in [9.17, 15) is 0 Å². The second kappa shape index (κ2) is 20.7. The summed E-state index contributed by atoms with van der Waals surface area (Å²) in [6.45, 7) is 2.94. The molecule has 0 aliphatic carbocycles. The summed E-state index contributed by atoms with van der Waals surface area (Å²) in [4.78, 5) is 0. The first-order chi connectivity index (χ1) is 10.9. The zero-order valence-electron chi connectivity index (χ0n) is 15.3. The van der Waals surface area contributed by atoms with Gasteiger partial charge < -0.3 is 4.74 Å². The van der Waals surface area contributed by atoms with Crippen LogP contribution in [0.3, 0.4) is 0 Å². The molecule has 1 heteroatoms. The molecule has 0 unspecified atom stereocenters. The molecule has 0 saturated heterocycles. The second-order valence-corrected chi connectivity index (χ2v) is 6.58. The number of allylic oxidation sites excluding steroid dienone is 1. The highest BCUT2D eigenvalue weighted by atomic mass is 16.5. The van der Waals surface area contributed by atoms with Gasteiger partial charge in [0.2, 0.25) is 0 Å². The van der Waals surface area contributed by atoms with Gasteiger partial charge in [-0.3, -0.25) is 0 Å². The summed E-state index contributed by atoms with van der Waals surface area (Å²) in [5, 5.41) is 0. The van der Waals surface area contributed by atoms with Gasteiger partial charge in [0.1, 0.15) is 0 Å². The van der Waals surface area contributed by atoms with Gasteiger partial charge in [0.05, 0.1) is 13.7 Å². The molecule has 0 aliphatic heterocycles. The highest BCUT2D eigenvalue weighted by molar-refractivity contribution is 4.81. The van der Waals surface area contributed by atoms with Crippen molar-refractivity contribution in [3.05, 3.63) is 19.3 Å². The van der Waals surface area contributed by atoms with Crippen LogP contribution in [0, 0.1) is 7.11 Å². The van der Waals surface area contributed by atoms with E-state index in [0.717, 1.165) is 0 Å². The molecule has 131 valence electrons. The van der Waals surface area contributed by atoms with Crippen molar-refractivity contribution in [3.63, 3.8) is 0 Å². The predicted molar refractivity (Wildman–Crippen MR) is 100.0 cm³/mol. The Labute approximate surface area is 140 Å². The largest absolute Gasteiger partial charge is 0.375 e. The minimum atomic E-state index is 0.652. The number of hydrogen-bond acceptors (Lipinski definition) is 1. The third-order valence-corrected chi connectivity index (χ3v) is 4.36. The first kappa shape index (κ1) is 21.7. The van der Waals surface area contributed by atoms with Crippen molar-refractivity contribution in [3.8, 4) is 0 Å². The summed E-state index contributed by atoms with van der Waals surface area (Å²) < 4.78 is 4.73. The van der Waals surface area contributed by atoms with Crippen molar-refractivity contribution in [1.82, 2.24) is 0 Å². The molecule has 0 aromatic carbocycles. The summed E-state index contributed by atoms with van der Waals surface area (Å²) in [6.07, 6.45) is 27.0. The Kier molecular flexibility index (Phi) is 20.4. The van der Waals surface area contributed by atoms with Crippen LogP contribution >= 0.6 is 0 Å². The molecule has 1 radical (unpaired) electrons. The highest BCUT2D eigenvalue weighted by Gasteiger charge is 1.94. The Morgan fingerprint density at radius 3 is 1.41 bits per heavy atom. The molecular formula is C21H41O. The molecule has 0 aromatic rings. The summed E-state index contributed by atoms with van der Waals surface area (Å²) >= 11 is 0. The fraction of sp³-hybridized carbons (Fsp3) is 0.857. The van der Waals surface area contributed by atoms with Gasteiger partial charge in [-0.1, -0.05) is 109 Å². The highest BCUT2D eigenvalue weighted by Crippen LogP contribution is 2.13. The summed E-state index contributed by atoms with van der Waals surface area (Å²) in [5.41, 5.74) is 0. The molecule has 0 aliphatic rings. The topological polar surface area (TPSA) is 9.23 Å². The fourth-order valence-corrected chi connectivity index (χ4v) is 2.89. The normalized spacial score (nSPS) is 11.5. The second-order valence-electron chi connectivity index (χ2n) is 6.58. The van der Waals surface area contributed by atoms with Crippen LogP contribution in [-0.4, -0.2) is 6.61 Å². The first-order valence-electron chi connectivity index (χ1n) is 9.93. The van der Waals surface area contributed by atoms with Crippen molar-refractivity contribution < 1.29 is 4.74 Å². The molecule has 0 heterocycles. The SMILES string of the molecule is [CH2]OC/C=C/CCCCCCCCCCCCCCCCC. The lowest BCUT2D eigenvalue weighted by Crippen LogP contribution is -1.83. The molecule has 1 nitrogen and oxygen atoms in total. The molecular weight excluding hydrogens is 268 g/mol. The molecule has 0 spiro atoms. The molecule has 0 rings (SSSR count). The Morgan fingerprint density at radius 1 is 0.591 bits per heavy atom.